The van der Waals surface area contributed by atoms with E-state index in [1.54, 1.807) is 18.2 Å². The van der Waals surface area contributed by atoms with E-state index in [0.29, 0.717) is 17.9 Å². The lowest BCUT2D eigenvalue weighted by Gasteiger charge is -2.05. The average Bonchev–Trinajstić information content (AvgIpc) is 2.22. The normalized spacial score (nSPS) is 10.0. The van der Waals surface area contributed by atoms with Crippen molar-refractivity contribution in [1.82, 2.24) is 0 Å². The van der Waals surface area contributed by atoms with Crippen molar-refractivity contribution in [2.45, 2.75) is 6.92 Å². The van der Waals surface area contributed by atoms with Gasteiger partial charge in [0.15, 0.2) is 6.79 Å². The highest BCUT2D eigenvalue weighted by atomic mass is 79.9. The first kappa shape index (κ1) is 12.0. The van der Waals surface area contributed by atoms with Crippen LogP contribution in [0.5, 0.6) is 0 Å². The fourth-order valence-electron chi connectivity index (χ4n) is 0.933. The highest BCUT2D eigenvalue weighted by molar-refractivity contribution is 9.10. The van der Waals surface area contributed by atoms with Gasteiger partial charge in [-0.1, -0.05) is 0 Å². The summed E-state index contributed by atoms with van der Waals surface area (Å²) in [7, 11) is 0. The first-order valence-electron chi connectivity index (χ1n) is 4.45. The predicted molar refractivity (Wildman–Crippen MR) is 60.5 cm³/mol. The van der Waals surface area contributed by atoms with Gasteiger partial charge in [0.05, 0.1) is 5.56 Å². The average molecular weight is 274 g/mol. The Morgan fingerprint density at radius 1 is 1.53 bits per heavy atom. The molecule has 15 heavy (non-hydrogen) atoms. The van der Waals surface area contributed by atoms with Crippen LogP contribution in [0.25, 0.3) is 0 Å². The summed E-state index contributed by atoms with van der Waals surface area (Å²) < 4.78 is 10.5. The number of carbonyl (C=O) groups excluding carboxylic acids is 1. The van der Waals surface area contributed by atoms with Crippen molar-refractivity contribution in [1.29, 1.82) is 0 Å². The number of hydrogen-bond acceptors (Lipinski definition) is 4. The summed E-state index contributed by atoms with van der Waals surface area (Å²) >= 11 is 3.24. The van der Waals surface area contributed by atoms with Crippen LogP contribution >= 0.6 is 15.9 Å². The Hall–Kier alpha value is -1.07. The van der Waals surface area contributed by atoms with Crippen LogP contribution in [0.2, 0.25) is 0 Å². The quantitative estimate of drug-likeness (QED) is 0.395. The second-order valence-electron chi connectivity index (χ2n) is 2.78. The monoisotopic (exact) mass is 273 g/mol. The molecule has 0 saturated heterocycles. The number of carbonyl (C=O) groups is 1. The molecule has 0 amide bonds. The lowest BCUT2D eigenvalue weighted by molar-refractivity contribution is -0.0274. The van der Waals surface area contributed by atoms with Crippen molar-refractivity contribution in [3.63, 3.8) is 0 Å². The van der Waals surface area contributed by atoms with Crippen LogP contribution in [0, 0.1) is 0 Å². The smallest absolute Gasteiger partial charge is 0.340 e. The largest absolute Gasteiger partial charge is 0.435 e. The number of halogens is 1. The van der Waals surface area contributed by atoms with Gasteiger partial charge in [-0.2, -0.15) is 0 Å². The Labute approximate surface area is 96.5 Å². The third-order valence-electron chi connectivity index (χ3n) is 1.71. The molecule has 1 rings (SSSR count). The number of ether oxygens (including phenoxy) is 2. The van der Waals surface area contributed by atoms with Gasteiger partial charge >= 0.3 is 5.97 Å². The van der Waals surface area contributed by atoms with Crippen LogP contribution in [0.4, 0.5) is 5.69 Å². The number of hydrogen-bond donors (Lipinski definition) is 1. The molecule has 82 valence electrons. The van der Waals surface area contributed by atoms with Gasteiger partial charge in [0.1, 0.15) is 0 Å². The summed E-state index contributed by atoms with van der Waals surface area (Å²) in [5.74, 6) is -0.442. The lowest BCUT2D eigenvalue weighted by Crippen LogP contribution is -2.09. The van der Waals surface area contributed by atoms with Crippen molar-refractivity contribution < 1.29 is 14.3 Å². The number of esters is 1. The van der Waals surface area contributed by atoms with Crippen LogP contribution < -0.4 is 5.73 Å². The Bertz CT molecular complexity index is 355. The molecule has 0 fully saturated rings. The van der Waals surface area contributed by atoms with Gasteiger partial charge in [0.25, 0.3) is 0 Å². The zero-order valence-corrected chi connectivity index (χ0v) is 9.91. The second kappa shape index (κ2) is 5.72. The van der Waals surface area contributed by atoms with Gasteiger partial charge in [0, 0.05) is 16.8 Å². The third-order valence-corrected chi connectivity index (χ3v) is 2.43. The zero-order valence-electron chi connectivity index (χ0n) is 8.33. The van der Waals surface area contributed by atoms with E-state index in [1.807, 2.05) is 6.92 Å². The standard InChI is InChI=1S/C10H12BrNO3/c1-2-14-6-15-10(13)7-3-4-8(11)9(12)5-7/h3-5H,2,6,12H2,1H3. The molecule has 0 bridgehead atoms. The summed E-state index contributed by atoms with van der Waals surface area (Å²) in [4.78, 5) is 11.4. The minimum absolute atomic E-state index is 0.0364. The molecule has 0 aliphatic carbocycles. The number of nitrogen functional groups attached to an aromatic ring is 1. The Morgan fingerprint density at radius 3 is 2.87 bits per heavy atom. The van der Waals surface area contributed by atoms with E-state index in [0.717, 1.165) is 4.47 Å². The molecule has 0 atom stereocenters. The summed E-state index contributed by atoms with van der Waals surface area (Å²) in [5.41, 5.74) is 6.54. The molecule has 0 spiro atoms. The highest BCUT2D eigenvalue weighted by Crippen LogP contribution is 2.20. The molecule has 0 unspecified atom stereocenters. The third kappa shape index (κ3) is 3.53. The minimum Gasteiger partial charge on any atom is -0.435 e. The van der Waals surface area contributed by atoms with E-state index in [1.165, 1.54) is 0 Å². The van der Waals surface area contributed by atoms with Crippen molar-refractivity contribution in [3.05, 3.63) is 28.2 Å². The summed E-state index contributed by atoms with van der Waals surface area (Å²) in [5, 5.41) is 0. The SMILES string of the molecule is CCOCOC(=O)c1ccc(Br)c(N)c1. The zero-order chi connectivity index (χ0) is 11.3. The van der Waals surface area contributed by atoms with Gasteiger partial charge in [-0.15, -0.1) is 0 Å². The Kier molecular flexibility index (Phi) is 4.58. The highest BCUT2D eigenvalue weighted by Gasteiger charge is 2.08. The molecule has 0 aliphatic heterocycles. The molecule has 0 saturated carbocycles. The first-order chi connectivity index (χ1) is 7.15. The van der Waals surface area contributed by atoms with Gasteiger partial charge < -0.3 is 15.2 Å². The molecule has 0 radical (unpaired) electrons. The van der Waals surface area contributed by atoms with E-state index in [4.69, 9.17) is 15.2 Å². The minimum atomic E-state index is -0.442. The summed E-state index contributed by atoms with van der Waals surface area (Å²) in [6, 6.07) is 4.89. The van der Waals surface area contributed by atoms with Crippen LogP contribution in [-0.2, 0) is 9.47 Å². The van der Waals surface area contributed by atoms with Crippen LogP contribution in [0.1, 0.15) is 17.3 Å². The first-order valence-corrected chi connectivity index (χ1v) is 5.24. The van der Waals surface area contributed by atoms with Crippen LogP contribution in [0.15, 0.2) is 22.7 Å². The lowest BCUT2D eigenvalue weighted by atomic mass is 10.2. The number of nitrogens with two attached hydrogens (primary N) is 1. The number of rotatable bonds is 4. The van der Waals surface area contributed by atoms with Crippen LogP contribution in [-0.4, -0.2) is 19.4 Å². The summed E-state index contributed by atoms with van der Waals surface area (Å²) in [6.45, 7) is 2.30. The Balaban J connectivity index is 2.62. The molecular weight excluding hydrogens is 262 g/mol. The van der Waals surface area contributed by atoms with Gasteiger partial charge in [0.2, 0.25) is 0 Å². The number of benzene rings is 1. The molecule has 1 aromatic rings. The fourth-order valence-corrected chi connectivity index (χ4v) is 1.18. The van der Waals surface area contributed by atoms with Gasteiger partial charge in [-0.05, 0) is 41.1 Å². The van der Waals surface area contributed by atoms with Crippen LogP contribution in [0.3, 0.4) is 0 Å². The molecule has 4 nitrogen and oxygen atoms in total. The van der Waals surface area contributed by atoms with E-state index < -0.39 is 5.97 Å². The maximum absolute atomic E-state index is 11.4. The maximum Gasteiger partial charge on any atom is 0.340 e. The van der Waals surface area contributed by atoms with Gasteiger partial charge in [-0.3, -0.25) is 0 Å². The van der Waals surface area contributed by atoms with E-state index in [2.05, 4.69) is 15.9 Å². The summed E-state index contributed by atoms with van der Waals surface area (Å²) in [6.07, 6.45) is 0. The molecular formula is C10H12BrNO3. The molecule has 0 heterocycles. The van der Waals surface area contributed by atoms with E-state index in [9.17, 15) is 4.79 Å². The number of anilines is 1. The van der Waals surface area contributed by atoms with Crippen molar-refractivity contribution >= 4 is 27.6 Å². The Morgan fingerprint density at radius 2 is 2.27 bits per heavy atom. The fraction of sp³-hybridized carbons (Fsp3) is 0.300. The van der Waals surface area contributed by atoms with Crippen molar-refractivity contribution in [3.8, 4) is 0 Å². The van der Waals surface area contributed by atoms with E-state index >= 15 is 0 Å². The van der Waals surface area contributed by atoms with Gasteiger partial charge in [-0.25, -0.2) is 4.79 Å². The topological polar surface area (TPSA) is 61.5 Å². The molecule has 2 N–H and O–H groups in total. The molecule has 5 heteroatoms. The maximum atomic E-state index is 11.4. The van der Waals surface area contributed by atoms with E-state index in [-0.39, 0.29) is 6.79 Å². The molecule has 0 aliphatic rings. The van der Waals surface area contributed by atoms with Crippen molar-refractivity contribution in [2.75, 3.05) is 19.1 Å². The molecule has 1 aromatic carbocycles. The van der Waals surface area contributed by atoms with Crippen molar-refractivity contribution in [2.24, 2.45) is 0 Å². The second-order valence-corrected chi connectivity index (χ2v) is 3.63. The predicted octanol–water partition coefficient (Wildman–Crippen LogP) is 2.18. The molecule has 0 aromatic heterocycles.